The Kier molecular flexibility index (Phi) is 4.08. The number of nitrogens with one attached hydrogen (secondary N) is 1. The Balaban J connectivity index is 1.94. The van der Waals surface area contributed by atoms with Gasteiger partial charge in [0.2, 0.25) is 0 Å². The summed E-state index contributed by atoms with van der Waals surface area (Å²) in [5.74, 6) is -0.795. The molecule has 1 aliphatic heterocycles. The second-order valence-electron chi connectivity index (χ2n) is 6.04. The highest BCUT2D eigenvalue weighted by molar-refractivity contribution is 7.94. The lowest BCUT2D eigenvalue weighted by molar-refractivity contribution is -0.140. The lowest BCUT2D eigenvalue weighted by atomic mass is 9.84. The third-order valence-corrected chi connectivity index (χ3v) is 6.09. The molecule has 0 amide bonds. The van der Waals surface area contributed by atoms with Crippen LogP contribution in [-0.2, 0) is 14.8 Å². The normalized spacial score (nSPS) is 27.5. The number of amidine groups is 1. The number of aliphatic carboxylic acids is 1. The minimum absolute atomic E-state index is 0.0134. The molecule has 1 fully saturated rings. The smallest absolute Gasteiger partial charge is 0.328 e. The molecule has 1 atom stereocenters. The van der Waals surface area contributed by atoms with E-state index in [2.05, 4.69) is 9.71 Å². The van der Waals surface area contributed by atoms with Crippen molar-refractivity contribution in [3.05, 3.63) is 22.6 Å². The van der Waals surface area contributed by atoms with E-state index >= 15 is 0 Å². The molecule has 0 spiro atoms. The van der Waals surface area contributed by atoms with E-state index in [1.807, 2.05) is 6.08 Å². The minimum Gasteiger partial charge on any atom is -0.480 e. The van der Waals surface area contributed by atoms with Crippen molar-refractivity contribution in [3.63, 3.8) is 0 Å². The van der Waals surface area contributed by atoms with Crippen LogP contribution in [0.1, 0.15) is 44.9 Å². The second-order valence-corrected chi connectivity index (χ2v) is 7.75. The minimum atomic E-state index is -3.54. The van der Waals surface area contributed by atoms with Gasteiger partial charge in [-0.25, -0.2) is 13.2 Å². The van der Waals surface area contributed by atoms with Crippen LogP contribution in [0.2, 0.25) is 0 Å². The first kappa shape index (κ1) is 15.3. The van der Waals surface area contributed by atoms with Crippen molar-refractivity contribution in [2.75, 3.05) is 0 Å². The van der Waals surface area contributed by atoms with E-state index in [1.54, 1.807) is 6.08 Å². The molecule has 0 aromatic rings. The summed E-state index contributed by atoms with van der Waals surface area (Å²) in [6, 6.07) is -0.875. The molecule has 2 N–H and O–H groups in total. The van der Waals surface area contributed by atoms with Gasteiger partial charge in [0, 0.05) is 5.57 Å². The van der Waals surface area contributed by atoms with Gasteiger partial charge in [0.25, 0.3) is 10.0 Å². The summed E-state index contributed by atoms with van der Waals surface area (Å²) in [5.41, 5.74) is 0.535. The molecule has 2 aliphatic carbocycles. The Morgan fingerprint density at radius 3 is 2.73 bits per heavy atom. The van der Waals surface area contributed by atoms with Gasteiger partial charge in [0.15, 0.2) is 6.04 Å². The van der Waals surface area contributed by atoms with Gasteiger partial charge in [-0.3, -0.25) is 9.71 Å². The highest BCUT2D eigenvalue weighted by Gasteiger charge is 2.36. The van der Waals surface area contributed by atoms with Crippen molar-refractivity contribution < 1.29 is 18.3 Å². The van der Waals surface area contributed by atoms with Gasteiger partial charge in [-0.15, -0.1) is 0 Å². The highest BCUT2D eigenvalue weighted by Crippen LogP contribution is 2.32. The zero-order valence-electron chi connectivity index (χ0n) is 12.3. The van der Waals surface area contributed by atoms with Gasteiger partial charge in [0.05, 0.1) is 4.91 Å². The van der Waals surface area contributed by atoms with E-state index in [9.17, 15) is 18.3 Å². The first-order valence-corrected chi connectivity index (χ1v) is 9.21. The van der Waals surface area contributed by atoms with Crippen molar-refractivity contribution in [1.29, 1.82) is 0 Å². The van der Waals surface area contributed by atoms with Crippen molar-refractivity contribution in [3.8, 4) is 0 Å². The van der Waals surface area contributed by atoms with Crippen LogP contribution < -0.4 is 4.72 Å². The molecule has 22 heavy (non-hydrogen) atoms. The van der Waals surface area contributed by atoms with E-state index in [4.69, 9.17) is 0 Å². The van der Waals surface area contributed by atoms with Crippen LogP contribution in [0.4, 0.5) is 0 Å². The van der Waals surface area contributed by atoms with Crippen LogP contribution in [0, 0.1) is 5.92 Å². The average Bonchev–Trinajstić information content (AvgIpc) is 2.77. The Hall–Kier alpha value is -1.63. The predicted molar refractivity (Wildman–Crippen MR) is 82.9 cm³/mol. The zero-order valence-corrected chi connectivity index (χ0v) is 13.1. The van der Waals surface area contributed by atoms with E-state index in [-0.39, 0.29) is 11.8 Å². The second kappa shape index (κ2) is 5.87. The van der Waals surface area contributed by atoms with E-state index < -0.39 is 22.0 Å². The molecule has 0 bridgehead atoms. The fraction of sp³-hybridized carbons (Fsp3) is 0.600. The van der Waals surface area contributed by atoms with Gasteiger partial charge >= 0.3 is 5.97 Å². The number of carboxylic acids is 1. The van der Waals surface area contributed by atoms with E-state index in [0.717, 1.165) is 32.1 Å². The maximum atomic E-state index is 12.1. The lowest BCUT2D eigenvalue weighted by Gasteiger charge is -2.25. The molecule has 0 aromatic carbocycles. The largest absolute Gasteiger partial charge is 0.480 e. The van der Waals surface area contributed by atoms with E-state index in [1.165, 1.54) is 0 Å². The molecular weight excluding hydrogens is 304 g/mol. The summed E-state index contributed by atoms with van der Waals surface area (Å²) in [7, 11) is -3.54. The monoisotopic (exact) mass is 324 g/mol. The molecule has 0 radical (unpaired) electrons. The van der Waals surface area contributed by atoms with Crippen molar-refractivity contribution >= 4 is 21.8 Å². The summed E-state index contributed by atoms with van der Waals surface area (Å²) in [4.78, 5) is 16.2. The van der Waals surface area contributed by atoms with Crippen LogP contribution >= 0.6 is 0 Å². The standard InChI is InChI=1S/C15H20N2O4S/c18-15(19)13(10-6-2-1-3-7-10)16-14-11-8-4-5-9-12(11)22(20,21)17-14/h4,8,10,13H,1-3,5-7,9H2,(H,16,17)(H,18,19)/t13-/m0/s1. The first-order valence-electron chi connectivity index (χ1n) is 7.72. The van der Waals surface area contributed by atoms with Crippen molar-refractivity contribution in [1.82, 2.24) is 4.72 Å². The molecule has 0 saturated heterocycles. The topological polar surface area (TPSA) is 95.8 Å². The molecule has 0 unspecified atom stereocenters. The third-order valence-electron chi connectivity index (χ3n) is 4.55. The number of carbonyl (C=O) groups is 1. The molecular formula is C15H20N2O4S. The SMILES string of the molecule is O=C(O)[C@@H](N=C1NS(=O)(=O)C2=C1C=CCC2)C1CCCCC1. The molecule has 1 saturated carbocycles. The molecule has 3 rings (SSSR count). The number of nitrogens with zero attached hydrogens (tertiary/aromatic N) is 1. The molecule has 7 heteroatoms. The highest BCUT2D eigenvalue weighted by atomic mass is 32.2. The number of sulfonamides is 1. The Bertz CT molecular complexity index is 670. The number of hydrogen-bond acceptors (Lipinski definition) is 4. The number of hydrogen-bond donors (Lipinski definition) is 2. The summed E-state index contributed by atoms with van der Waals surface area (Å²) >= 11 is 0. The Morgan fingerprint density at radius 1 is 1.32 bits per heavy atom. The lowest BCUT2D eigenvalue weighted by Crippen LogP contribution is -2.33. The maximum absolute atomic E-state index is 12.1. The molecule has 0 aromatic heterocycles. The van der Waals surface area contributed by atoms with Crippen molar-refractivity contribution in [2.45, 2.75) is 51.0 Å². The first-order chi connectivity index (χ1) is 10.5. The van der Waals surface area contributed by atoms with Gasteiger partial charge in [-0.05, 0) is 31.6 Å². The Morgan fingerprint density at radius 2 is 2.05 bits per heavy atom. The van der Waals surface area contributed by atoms with Crippen LogP contribution in [0.15, 0.2) is 27.6 Å². The fourth-order valence-electron chi connectivity index (χ4n) is 3.42. The summed E-state index contributed by atoms with van der Waals surface area (Å²) in [5, 5.41) is 9.49. The number of carboxylic acid groups (broad SMARTS) is 1. The van der Waals surface area contributed by atoms with Crippen LogP contribution in [0.5, 0.6) is 0 Å². The molecule has 6 nitrogen and oxygen atoms in total. The van der Waals surface area contributed by atoms with Crippen LogP contribution in [0.3, 0.4) is 0 Å². The predicted octanol–water partition coefficient (Wildman–Crippen LogP) is 1.96. The molecule has 1 heterocycles. The summed E-state index contributed by atoms with van der Waals surface area (Å²) in [6.45, 7) is 0. The number of allylic oxidation sites excluding steroid dienone is 2. The van der Waals surface area contributed by atoms with Gasteiger partial charge in [-0.1, -0.05) is 31.4 Å². The van der Waals surface area contributed by atoms with Gasteiger partial charge in [-0.2, -0.15) is 0 Å². The van der Waals surface area contributed by atoms with Gasteiger partial charge in [0.1, 0.15) is 5.84 Å². The van der Waals surface area contributed by atoms with Crippen LogP contribution in [-0.4, -0.2) is 31.4 Å². The quantitative estimate of drug-likeness (QED) is 0.829. The fourth-order valence-corrected chi connectivity index (χ4v) is 4.81. The number of aliphatic imine (C=N–C) groups is 1. The summed E-state index contributed by atoms with van der Waals surface area (Å²) in [6.07, 6.45) is 9.58. The average molecular weight is 324 g/mol. The number of rotatable bonds is 3. The van der Waals surface area contributed by atoms with Crippen LogP contribution in [0.25, 0.3) is 0 Å². The summed E-state index contributed by atoms with van der Waals surface area (Å²) < 4.78 is 26.6. The van der Waals surface area contributed by atoms with E-state index in [0.29, 0.717) is 23.3 Å². The Labute approximate surface area is 130 Å². The zero-order chi connectivity index (χ0) is 15.7. The van der Waals surface area contributed by atoms with Gasteiger partial charge < -0.3 is 5.11 Å². The maximum Gasteiger partial charge on any atom is 0.328 e. The van der Waals surface area contributed by atoms with Crippen molar-refractivity contribution in [2.24, 2.45) is 10.9 Å². The third kappa shape index (κ3) is 2.82. The molecule has 120 valence electrons. The molecule has 3 aliphatic rings.